The summed E-state index contributed by atoms with van der Waals surface area (Å²) in [5, 5.41) is 9.40. The van der Waals surface area contributed by atoms with Crippen LogP contribution in [-0.4, -0.2) is 38.7 Å². The molecule has 114 valence electrons. The number of methoxy groups -OCH3 is 1. The molecule has 0 aromatic heterocycles. The molecule has 0 heterocycles. The lowest BCUT2D eigenvalue weighted by atomic mass is 9.98. The molecule has 0 amide bonds. The van der Waals surface area contributed by atoms with Crippen molar-refractivity contribution in [3.8, 4) is 5.75 Å². The van der Waals surface area contributed by atoms with E-state index in [1.807, 2.05) is 31.2 Å². The standard InChI is InChI=1S/C15H24O4S/c1-3-9-20(17,18)10-8-14(12-16)11-13-4-6-15(19-2)7-5-13/h4-7,14,16H,3,8-12H2,1-2H3. The highest BCUT2D eigenvalue weighted by Gasteiger charge is 2.15. The van der Waals surface area contributed by atoms with E-state index in [9.17, 15) is 13.5 Å². The molecule has 0 saturated carbocycles. The average Bonchev–Trinajstić information content (AvgIpc) is 2.44. The van der Waals surface area contributed by atoms with Crippen molar-refractivity contribution < 1.29 is 18.3 Å². The second kappa shape index (κ2) is 8.27. The molecule has 0 spiro atoms. The molecule has 1 aromatic carbocycles. The zero-order valence-electron chi connectivity index (χ0n) is 12.2. The van der Waals surface area contributed by atoms with Crippen LogP contribution in [0.25, 0.3) is 0 Å². The van der Waals surface area contributed by atoms with Crippen LogP contribution < -0.4 is 4.74 Å². The quantitative estimate of drug-likeness (QED) is 0.758. The number of ether oxygens (including phenoxy) is 1. The summed E-state index contributed by atoms with van der Waals surface area (Å²) in [6.45, 7) is 1.87. The summed E-state index contributed by atoms with van der Waals surface area (Å²) in [5.74, 6) is 1.16. The molecule has 0 aliphatic carbocycles. The zero-order chi connectivity index (χ0) is 15.0. The van der Waals surface area contributed by atoms with Crippen LogP contribution in [0.2, 0.25) is 0 Å². The molecule has 0 saturated heterocycles. The largest absolute Gasteiger partial charge is 0.497 e. The number of hydrogen-bond acceptors (Lipinski definition) is 4. The Kier molecular flexibility index (Phi) is 7.02. The van der Waals surface area contributed by atoms with Crippen molar-refractivity contribution in [3.63, 3.8) is 0 Å². The van der Waals surface area contributed by atoms with Gasteiger partial charge in [-0.3, -0.25) is 0 Å². The van der Waals surface area contributed by atoms with Crippen molar-refractivity contribution in [2.75, 3.05) is 25.2 Å². The van der Waals surface area contributed by atoms with Gasteiger partial charge in [-0.15, -0.1) is 0 Å². The molecule has 20 heavy (non-hydrogen) atoms. The van der Waals surface area contributed by atoms with E-state index in [0.717, 1.165) is 11.3 Å². The summed E-state index contributed by atoms with van der Waals surface area (Å²) in [4.78, 5) is 0. The molecular weight excluding hydrogens is 276 g/mol. The normalized spacial score (nSPS) is 13.2. The highest BCUT2D eigenvalue weighted by atomic mass is 32.2. The average molecular weight is 300 g/mol. The molecule has 1 aromatic rings. The van der Waals surface area contributed by atoms with Gasteiger partial charge >= 0.3 is 0 Å². The molecule has 1 atom stereocenters. The summed E-state index contributed by atoms with van der Waals surface area (Å²) in [7, 11) is -1.36. The smallest absolute Gasteiger partial charge is 0.150 e. The maximum Gasteiger partial charge on any atom is 0.150 e. The van der Waals surface area contributed by atoms with Crippen molar-refractivity contribution in [3.05, 3.63) is 29.8 Å². The maximum atomic E-state index is 11.7. The minimum absolute atomic E-state index is 0.00761. The zero-order valence-corrected chi connectivity index (χ0v) is 13.0. The van der Waals surface area contributed by atoms with Crippen LogP contribution in [0.5, 0.6) is 5.75 Å². The van der Waals surface area contributed by atoms with E-state index in [4.69, 9.17) is 4.74 Å². The number of aliphatic hydroxyl groups is 1. The van der Waals surface area contributed by atoms with Crippen LogP contribution in [0, 0.1) is 5.92 Å². The fraction of sp³-hybridized carbons (Fsp3) is 0.600. The first-order chi connectivity index (χ1) is 9.50. The highest BCUT2D eigenvalue weighted by molar-refractivity contribution is 7.91. The van der Waals surface area contributed by atoms with Crippen LogP contribution in [0.15, 0.2) is 24.3 Å². The van der Waals surface area contributed by atoms with Gasteiger partial charge in [0.2, 0.25) is 0 Å². The predicted molar refractivity (Wildman–Crippen MR) is 80.8 cm³/mol. The van der Waals surface area contributed by atoms with Gasteiger partial charge in [0.15, 0.2) is 0 Å². The van der Waals surface area contributed by atoms with Crippen molar-refractivity contribution in [1.29, 1.82) is 0 Å². The van der Waals surface area contributed by atoms with E-state index in [1.165, 1.54) is 0 Å². The molecule has 0 bridgehead atoms. The number of benzene rings is 1. The number of hydrogen-bond donors (Lipinski definition) is 1. The first-order valence-electron chi connectivity index (χ1n) is 6.95. The van der Waals surface area contributed by atoms with Gasteiger partial charge < -0.3 is 9.84 Å². The van der Waals surface area contributed by atoms with Gasteiger partial charge in [0.05, 0.1) is 12.9 Å². The third-order valence-corrected chi connectivity index (χ3v) is 5.18. The molecule has 0 aliphatic rings. The van der Waals surface area contributed by atoms with Gasteiger partial charge in [0.25, 0.3) is 0 Å². The molecule has 0 aliphatic heterocycles. The number of rotatable bonds is 9. The molecule has 1 unspecified atom stereocenters. The lowest BCUT2D eigenvalue weighted by molar-refractivity contribution is 0.222. The third kappa shape index (κ3) is 5.92. The Morgan fingerprint density at radius 2 is 1.85 bits per heavy atom. The van der Waals surface area contributed by atoms with Crippen LogP contribution in [-0.2, 0) is 16.3 Å². The van der Waals surface area contributed by atoms with Gasteiger partial charge in [-0.25, -0.2) is 8.42 Å². The second-order valence-electron chi connectivity index (χ2n) is 5.04. The summed E-state index contributed by atoms with van der Waals surface area (Å²) < 4.78 is 28.5. The first kappa shape index (κ1) is 17.0. The number of sulfone groups is 1. The van der Waals surface area contributed by atoms with Crippen LogP contribution in [0.4, 0.5) is 0 Å². The third-order valence-electron chi connectivity index (χ3n) is 3.29. The lowest BCUT2D eigenvalue weighted by Crippen LogP contribution is -2.18. The topological polar surface area (TPSA) is 63.6 Å². The van der Waals surface area contributed by atoms with E-state index in [1.54, 1.807) is 7.11 Å². The highest BCUT2D eigenvalue weighted by Crippen LogP contribution is 2.17. The van der Waals surface area contributed by atoms with Gasteiger partial charge in [0.1, 0.15) is 15.6 Å². The Bertz CT molecular complexity index is 479. The van der Waals surface area contributed by atoms with Crippen molar-refractivity contribution >= 4 is 9.84 Å². The van der Waals surface area contributed by atoms with Crippen molar-refractivity contribution in [2.24, 2.45) is 5.92 Å². The van der Waals surface area contributed by atoms with Gasteiger partial charge in [-0.05, 0) is 42.9 Å². The second-order valence-corrected chi connectivity index (χ2v) is 7.34. The molecule has 0 radical (unpaired) electrons. The molecule has 0 fully saturated rings. The Hall–Kier alpha value is -1.07. The first-order valence-corrected chi connectivity index (χ1v) is 8.77. The SMILES string of the molecule is CCCS(=O)(=O)CCC(CO)Cc1ccc(OC)cc1. The fourth-order valence-corrected chi connectivity index (χ4v) is 3.63. The monoisotopic (exact) mass is 300 g/mol. The Morgan fingerprint density at radius 1 is 1.20 bits per heavy atom. The van der Waals surface area contributed by atoms with Crippen LogP contribution in [0.3, 0.4) is 0 Å². The molecule has 4 nitrogen and oxygen atoms in total. The summed E-state index contributed by atoms with van der Waals surface area (Å²) >= 11 is 0. The van der Waals surface area contributed by atoms with Gasteiger partial charge in [0, 0.05) is 12.4 Å². The van der Waals surface area contributed by atoms with Gasteiger partial charge in [-0.1, -0.05) is 19.1 Å². The van der Waals surface area contributed by atoms with E-state index in [0.29, 0.717) is 19.3 Å². The maximum absolute atomic E-state index is 11.7. The molecule has 1 N–H and O–H groups in total. The summed E-state index contributed by atoms with van der Waals surface area (Å²) in [6.07, 6.45) is 1.83. The van der Waals surface area contributed by atoms with E-state index >= 15 is 0 Å². The van der Waals surface area contributed by atoms with E-state index in [2.05, 4.69) is 0 Å². The van der Waals surface area contributed by atoms with Crippen LogP contribution in [0.1, 0.15) is 25.3 Å². The Balaban J connectivity index is 2.54. The lowest BCUT2D eigenvalue weighted by Gasteiger charge is -2.14. The number of aliphatic hydroxyl groups excluding tert-OH is 1. The van der Waals surface area contributed by atoms with E-state index in [-0.39, 0.29) is 24.0 Å². The summed E-state index contributed by atoms with van der Waals surface area (Å²) in [5.41, 5.74) is 1.08. The predicted octanol–water partition coefficient (Wildman–Crippen LogP) is 2.06. The minimum Gasteiger partial charge on any atom is -0.497 e. The summed E-state index contributed by atoms with van der Waals surface area (Å²) in [6, 6.07) is 7.64. The molecule has 5 heteroatoms. The van der Waals surface area contributed by atoms with Gasteiger partial charge in [-0.2, -0.15) is 0 Å². The molecule has 1 rings (SSSR count). The van der Waals surface area contributed by atoms with Crippen LogP contribution >= 0.6 is 0 Å². The molecular formula is C15H24O4S. The van der Waals surface area contributed by atoms with Crippen molar-refractivity contribution in [2.45, 2.75) is 26.2 Å². The fourth-order valence-electron chi connectivity index (χ4n) is 2.11. The Labute approximate surface area is 121 Å². The van der Waals surface area contributed by atoms with Crippen molar-refractivity contribution in [1.82, 2.24) is 0 Å². The minimum atomic E-state index is -2.97. The van der Waals surface area contributed by atoms with E-state index < -0.39 is 9.84 Å². The Morgan fingerprint density at radius 3 is 2.35 bits per heavy atom.